The molecule has 2 bridgehead atoms. The number of carbonyl (C=O) groups excluding carboxylic acids is 1. The first kappa shape index (κ1) is 22.9. The van der Waals surface area contributed by atoms with Gasteiger partial charge in [-0.25, -0.2) is 8.42 Å². The van der Waals surface area contributed by atoms with Crippen molar-refractivity contribution >= 4 is 28.3 Å². The summed E-state index contributed by atoms with van der Waals surface area (Å²) < 4.78 is 33.3. The molecule has 28 heavy (non-hydrogen) atoms. The lowest BCUT2D eigenvalue weighted by atomic mass is 10.0. The van der Waals surface area contributed by atoms with Crippen LogP contribution in [0.5, 0.6) is 5.75 Å². The number of amides is 1. The molecule has 158 valence electrons. The third-order valence-corrected chi connectivity index (χ3v) is 6.88. The molecule has 2 heterocycles. The number of nitrogens with one attached hydrogen (secondary N) is 2. The Morgan fingerprint density at radius 1 is 1.18 bits per heavy atom. The first-order chi connectivity index (χ1) is 12.8. The van der Waals surface area contributed by atoms with Gasteiger partial charge in [0.25, 0.3) is 0 Å². The largest absolute Gasteiger partial charge is 0.497 e. The highest BCUT2D eigenvalue weighted by molar-refractivity contribution is 7.89. The summed E-state index contributed by atoms with van der Waals surface area (Å²) in [6.07, 6.45) is 3.14. The van der Waals surface area contributed by atoms with Gasteiger partial charge in [0.15, 0.2) is 0 Å². The van der Waals surface area contributed by atoms with Gasteiger partial charge in [-0.1, -0.05) is 13.8 Å². The summed E-state index contributed by atoms with van der Waals surface area (Å²) in [7, 11) is -2.28. The molecule has 0 aliphatic carbocycles. The van der Waals surface area contributed by atoms with Crippen LogP contribution in [0.1, 0.15) is 33.1 Å². The Labute approximate surface area is 173 Å². The SMILES string of the molecule is COc1ccc(S(=O)(=O)NC(C(=O)N2CCC3CCC(C2)N3)C(C)C)cc1.Cl. The van der Waals surface area contributed by atoms with Gasteiger partial charge < -0.3 is 15.0 Å². The second-order valence-electron chi connectivity index (χ2n) is 7.73. The van der Waals surface area contributed by atoms with Crippen molar-refractivity contribution in [3.05, 3.63) is 24.3 Å². The smallest absolute Gasteiger partial charge is 0.241 e. The van der Waals surface area contributed by atoms with E-state index in [2.05, 4.69) is 10.0 Å². The van der Waals surface area contributed by atoms with Crippen LogP contribution in [0.3, 0.4) is 0 Å². The number of benzene rings is 1. The summed E-state index contributed by atoms with van der Waals surface area (Å²) in [5.41, 5.74) is 0. The lowest BCUT2D eigenvalue weighted by Crippen LogP contribution is -2.52. The highest BCUT2D eigenvalue weighted by Crippen LogP contribution is 2.22. The first-order valence-electron chi connectivity index (χ1n) is 9.51. The number of likely N-dealkylation sites (tertiary alicyclic amines) is 1. The molecule has 1 aromatic carbocycles. The van der Waals surface area contributed by atoms with E-state index in [1.165, 1.54) is 19.2 Å². The Hall–Kier alpha value is -1.35. The topological polar surface area (TPSA) is 87.7 Å². The Balaban J connectivity index is 0.00000280. The molecule has 2 aliphatic heterocycles. The van der Waals surface area contributed by atoms with Crippen LogP contribution in [0.15, 0.2) is 29.2 Å². The molecule has 0 aromatic heterocycles. The zero-order chi connectivity index (χ0) is 19.6. The normalized spacial score (nSPS) is 23.1. The van der Waals surface area contributed by atoms with Gasteiger partial charge in [0.1, 0.15) is 11.8 Å². The third kappa shape index (κ3) is 5.17. The number of rotatable bonds is 6. The van der Waals surface area contributed by atoms with Gasteiger partial charge in [0.2, 0.25) is 15.9 Å². The number of methoxy groups -OCH3 is 1. The molecule has 2 aliphatic rings. The number of hydrogen-bond acceptors (Lipinski definition) is 5. The number of fused-ring (bicyclic) bond motifs is 2. The summed E-state index contributed by atoms with van der Waals surface area (Å²) in [4.78, 5) is 15.1. The molecule has 1 aromatic rings. The van der Waals surface area contributed by atoms with E-state index in [0.717, 1.165) is 19.3 Å². The van der Waals surface area contributed by atoms with Crippen molar-refractivity contribution in [1.29, 1.82) is 0 Å². The highest BCUT2D eigenvalue weighted by atomic mass is 35.5. The molecular weight excluding hydrogens is 402 g/mol. The second-order valence-corrected chi connectivity index (χ2v) is 9.44. The first-order valence-corrected chi connectivity index (χ1v) is 11.0. The molecule has 0 saturated carbocycles. The zero-order valence-electron chi connectivity index (χ0n) is 16.6. The standard InChI is InChI=1S/C19H29N3O4S.ClH/c1-13(2)18(19(23)22-11-10-14-4-5-15(12-22)20-14)21-27(24,25)17-8-6-16(26-3)7-9-17;/h6-9,13-15,18,20-21H,4-5,10-12H2,1-3H3;1H. The van der Waals surface area contributed by atoms with Crippen molar-refractivity contribution in [1.82, 2.24) is 14.9 Å². The maximum absolute atomic E-state index is 13.1. The van der Waals surface area contributed by atoms with Gasteiger partial charge in [-0.05, 0) is 49.4 Å². The zero-order valence-corrected chi connectivity index (χ0v) is 18.2. The summed E-state index contributed by atoms with van der Waals surface area (Å²) >= 11 is 0. The molecular formula is C19H30ClN3O4S. The van der Waals surface area contributed by atoms with Gasteiger partial charge >= 0.3 is 0 Å². The van der Waals surface area contributed by atoms with Crippen molar-refractivity contribution in [2.45, 2.75) is 56.1 Å². The van der Waals surface area contributed by atoms with Crippen LogP contribution >= 0.6 is 12.4 Å². The third-order valence-electron chi connectivity index (χ3n) is 5.42. The number of carbonyl (C=O) groups is 1. The van der Waals surface area contributed by atoms with Crippen LogP contribution < -0.4 is 14.8 Å². The van der Waals surface area contributed by atoms with Crippen molar-refractivity contribution in [3.63, 3.8) is 0 Å². The summed E-state index contributed by atoms with van der Waals surface area (Å²) in [6.45, 7) is 5.03. The fourth-order valence-corrected chi connectivity index (χ4v) is 5.14. The Kier molecular flexibility index (Phi) is 7.73. The molecule has 0 spiro atoms. The van der Waals surface area contributed by atoms with E-state index in [1.807, 2.05) is 18.7 Å². The molecule has 2 saturated heterocycles. The average Bonchev–Trinajstić information content (AvgIpc) is 2.97. The van der Waals surface area contributed by atoms with Crippen LogP contribution in [0.4, 0.5) is 0 Å². The van der Waals surface area contributed by atoms with Crippen molar-refractivity contribution in [2.24, 2.45) is 5.92 Å². The fraction of sp³-hybridized carbons (Fsp3) is 0.632. The number of sulfonamides is 1. The van der Waals surface area contributed by atoms with E-state index in [4.69, 9.17) is 4.74 Å². The second kappa shape index (κ2) is 9.43. The monoisotopic (exact) mass is 431 g/mol. The van der Waals surface area contributed by atoms with E-state index in [0.29, 0.717) is 30.9 Å². The van der Waals surface area contributed by atoms with Crippen molar-refractivity contribution in [3.8, 4) is 5.75 Å². The molecule has 2 fully saturated rings. The molecule has 1 amide bonds. The fourth-order valence-electron chi connectivity index (χ4n) is 3.80. The molecule has 9 heteroatoms. The van der Waals surface area contributed by atoms with Crippen LogP contribution in [-0.2, 0) is 14.8 Å². The number of ether oxygens (including phenoxy) is 1. The lowest BCUT2D eigenvalue weighted by molar-refractivity contribution is -0.134. The van der Waals surface area contributed by atoms with Crippen LogP contribution in [0.2, 0.25) is 0 Å². The maximum atomic E-state index is 13.1. The summed E-state index contributed by atoms with van der Waals surface area (Å²) in [5.74, 6) is 0.285. The van der Waals surface area contributed by atoms with Gasteiger partial charge in [0, 0.05) is 25.2 Å². The predicted molar refractivity (Wildman–Crippen MR) is 110 cm³/mol. The molecule has 7 nitrogen and oxygen atoms in total. The lowest BCUT2D eigenvalue weighted by Gasteiger charge is -2.30. The Morgan fingerprint density at radius 3 is 2.43 bits per heavy atom. The van der Waals surface area contributed by atoms with Gasteiger partial charge in [-0.3, -0.25) is 4.79 Å². The minimum Gasteiger partial charge on any atom is -0.497 e. The summed E-state index contributed by atoms with van der Waals surface area (Å²) in [6, 6.07) is 6.16. The average molecular weight is 432 g/mol. The summed E-state index contributed by atoms with van der Waals surface area (Å²) in [5, 5.41) is 3.55. The van der Waals surface area contributed by atoms with E-state index < -0.39 is 16.1 Å². The molecule has 3 rings (SSSR count). The number of nitrogens with zero attached hydrogens (tertiary/aromatic N) is 1. The van der Waals surface area contributed by atoms with Gasteiger partial charge in [-0.2, -0.15) is 4.72 Å². The Bertz CT molecular complexity index is 770. The molecule has 0 radical (unpaired) electrons. The highest BCUT2D eigenvalue weighted by Gasteiger charge is 2.36. The van der Waals surface area contributed by atoms with Crippen LogP contribution in [-0.4, -0.2) is 57.5 Å². The van der Waals surface area contributed by atoms with E-state index >= 15 is 0 Å². The molecule has 3 unspecified atom stereocenters. The minimum absolute atomic E-state index is 0. The van der Waals surface area contributed by atoms with E-state index in [9.17, 15) is 13.2 Å². The predicted octanol–water partition coefficient (Wildman–Crippen LogP) is 1.77. The minimum atomic E-state index is -3.80. The quantitative estimate of drug-likeness (QED) is 0.716. The Morgan fingerprint density at radius 2 is 1.82 bits per heavy atom. The van der Waals surface area contributed by atoms with Gasteiger partial charge in [-0.15, -0.1) is 12.4 Å². The van der Waals surface area contributed by atoms with Gasteiger partial charge in [0.05, 0.1) is 12.0 Å². The van der Waals surface area contributed by atoms with Crippen LogP contribution in [0.25, 0.3) is 0 Å². The number of halogens is 1. The maximum Gasteiger partial charge on any atom is 0.241 e. The van der Waals surface area contributed by atoms with Crippen molar-refractivity contribution in [2.75, 3.05) is 20.2 Å². The number of hydrogen-bond donors (Lipinski definition) is 2. The van der Waals surface area contributed by atoms with E-state index in [1.54, 1.807) is 12.1 Å². The molecule has 2 N–H and O–H groups in total. The van der Waals surface area contributed by atoms with Crippen molar-refractivity contribution < 1.29 is 17.9 Å². The molecule has 3 atom stereocenters. The van der Waals surface area contributed by atoms with Crippen LogP contribution in [0, 0.1) is 5.92 Å². The van der Waals surface area contributed by atoms with E-state index in [-0.39, 0.29) is 29.1 Å².